The predicted octanol–water partition coefficient (Wildman–Crippen LogP) is 3.12. The molecule has 0 saturated heterocycles. The van der Waals surface area contributed by atoms with Crippen LogP contribution in [-0.2, 0) is 20.6 Å². The van der Waals surface area contributed by atoms with Gasteiger partial charge in [-0.2, -0.15) is 23.2 Å². The maximum absolute atomic E-state index is 12.8. The zero-order chi connectivity index (χ0) is 19.1. The van der Waals surface area contributed by atoms with E-state index < -0.39 is 34.6 Å². The first-order chi connectivity index (χ1) is 11.5. The highest BCUT2D eigenvalue weighted by Gasteiger charge is 2.42. The second-order valence-electron chi connectivity index (χ2n) is 5.22. The molecule has 1 aromatic heterocycles. The highest BCUT2D eigenvalue weighted by molar-refractivity contribution is 6.30. The lowest BCUT2D eigenvalue weighted by Gasteiger charge is -2.28. The smallest absolute Gasteiger partial charge is 0.273 e. The minimum Gasteiger partial charge on any atom is -0.273 e. The quantitative estimate of drug-likeness (QED) is 0.601. The number of hydrazine groups is 1. The van der Waals surface area contributed by atoms with Crippen LogP contribution in [0.4, 0.5) is 19.0 Å². The number of pyridine rings is 1. The van der Waals surface area contributed by atoms with Crippen molar-refractivity contribution in [1.82, 2.24) is 9.99 Å². The fraction of sp³-hybridized carbons (Fsp3) is 0.333. The largest absolute Gasteiger partial charge is 0.419 e. The van der Waals surface area contributed by atoms with Crippen molar-refractivity contribution in [3.05, 3.63) is 34.0 Å². The van der Waals surface area contributed by atoms with E-state index in [4.69, 9.17) is 11.6 Å². The molecule has 0 atom stereocenters. The molecule has 6 nitrogen and oxygen atoms in total. The van der Waals surface area contributed by atoms with Crippen molar-refractivity contribution in [3.63, 3.8) is 0 Å². The van der Waals surface area contributed by atoms with Crippen molar-refractivity contribution in [2.75, 3.05) is 5.01 Å². The van der Waals surface area contributed by atoms with Gasteiger partial charge in [-0.15, -0.1) is 0 Å². The standard InChI is InChI=1S/C15H13ClF3N3O3/c1-4-9-7(2)13(24)22(14(9)25)21(8(3)23)11-6-5-10(12(16)20-11)15(17,18)19/h5-6H,4H2,1-3H3. The van der Waals surface area contributed by atoms with Crippen molar-refractivity contribution in [2.45, 2.75) is 33.4 Å². The summed E-state index contributed by atoms with van der Waals surface area (Å²) in [5.74, 6) is -2.61. The van der Waals surface area contributed by atoms with Gasteiger partial charge in [0.2, 0.25) is 5.91 Å². The molecule has 0 N–H and O–H groups in total. The molecule has 0 radical (unpaired) electrons. The van der Waals surface area contributed by atoms with Crippen LogP contribution < -0.4 is 5.01 Å². The highest BCUT2D eigenvalue weighted by atomic mass is 35.5. The Morgan fingerprint density at radius 1 is 1.28 bits per heavy atom. The summed E-state index contributed by atoms with van der Waals surface area (Å²) in [6.07, 6.45) is -4.46. The first-order valence-corrected chi connectivity index (χ1v) is 7.51. The second kappa shape index (κ2) is 6.47. The third-order valence-electron chi connectivity index (χ3n) is 3.62. The fourth-order valence-electron chi connectivity index (χ4n) is 2.43. The number of alkyl halides is 3. The number of rotatable bonds is 3. The Balaban J connectivity index is 2.51. The summed E-state index contributed by atoms with van der Waals surface area (Å²) in [5.41, 5.74) is -0.810. The molecule has 0 fully saturated rings. The number of carbonyl (C=O) groups is 3. The summed E-state index contributed by atoms with van der Waals surface area (Å²) >= 11 is 5.56. The van der Waals surface area contributed by atoms with E-state index >= 15 is 0 Å². The Morgan fingerprint density at radius 2 is 1.88 bits per heavy atom. The van der Waals surface area contributed by atoms with Gasteiger partial charge in [0.25, 0.3) is 11.8 Å². The van der Waals surface area contributed by atoms with Gasteiger partial charge in [0, 0.05) is 18.1 Å². The molecule has 25 heavy (non-hydrogen) atoms. The first-order valence-electron chi connectivity index (χ1n) is 7.13. The van der Waals surface area contributed by atoms with Gasteiger partial charge >= 0.3 is 6.18 Å². The molecule has 3 amide bonds. The average molecular weight is 376 g/mol. The van der Waals surface area contributed by atoms with Gasteiger partial charge in [-0.05, 0) is 25.5 Å². The number of anilines is 1. The minimum absolute atomic E-state index is 0.164. The van der Waals surface area contributed by atoms with Crippen molar-refractivity contribution in [1.29, 1.82) is 0 Å². The van der Waals surface area contributed by atoms with Gasteiger partial charge in [-0.1, -0.05) is 18.5 Å². The van der Waals surface area contributed by atoms with Crippen LogP contribution in [0.1, 0.15) is 32.8 Å². The molecule has 2 heterocycles. The van der Waals surface area contributed by atoms with Crippen molar-refractivity contribution < 1.29 is 27.6 Å². The van der Waals surface area contributed by atoms with E-state index in [0.717, 1.165) is 13.0 Å². The number of aromatic nitrogens is 1. The number of halogens is 4. The zero-order valence-electron chi connectivity index (χ0n) is 13.4. The van der Waals surface area contributed by atoms with E-state index in [-0.39, 0.29) is 23.4 Å². The number of amides is 3. The molecule has 0 saturated carbocycles. The average Bonchev–Trinajstić information content (AvgIpc) is 2.69. The van der Waals surface area contributed by atoms with Crippen LogP contribution >= 0.6 is 11.6 Å². The van der Waals surface area contributed by atoms with Crippen LogP contribution in [0.25, 0.3) is 0 Å². The van der Waals surface area contributed by atoms with Gasteiger partial charge < -0.3 is 0 Å². The number of imide groups is 1. The molecule has 0 aliphatic carbocycles. The molecule has 0 unspecified atom stereocenters. The Bertz CT molecular complexity index is 805. The lowest BCUT2D eigenvalue weighted by atomic mass is 10.1. The Morgan fingerprint density at radius 3 is 2.28 bits per heavy atom. The monoisotopic (exact) mass is 375 g/mol. The summed E-state index contributed by atoms with van der Waals surface area (Å²) in [7, 11) is 0. The maximum atomic E-state index is 12.8. The molecule has 0 spiro atoms. The Hall–Kier alpha value is -2.42. The van der Waals surface area contributed by atoms with E-state index in [9.17, 15) is 27.6 Å². The molecule has 1 aromatic rings. The van der Waals surface area contributed by atoms with Gasteiger partial charge in [0.15, 0.2) is 5.82 Å². The highest BCUT2D eigenvalue weighted by Crippen LogP contribution is 2.35. The Labute approximate surface area is 145 Å². The number of carbonyl (C=O) groups excluding carboxylic acids is 3. The number of hydrogen-bond donors (Lipinski definition) is 0. The fourth-order valence-corrected chi connectivity index (χ4v) is 2.68. The minimum atomic E-state index is -4.73. The molecule has 0 bridgehead atoms. The van der Waals surface area contributed by atoms with E-state index in [2.05, 4.69) is 4.98 Å². The molecular formula is C15H13ClF3N3O3. The molecule has 1 aliphatic heterocycles. The topological polar surface area (TPSA) is 70.6 Å². The molecule has 1 aliphatic rings. The third-order valence-corrected chi connectivity index (χ3v) is 3.91. The van der Waals surface area contributed by atoms with Crippen molar-refractivity contribution >= 4 is 35.1 Å². The van der Waals surface area contributed by atoms with Crippen LogP contribution in [0.3, 0.4) is 0 Å². The number of hydrogen-bond acceptors (Lipinski definition) is 4. The van der Waals surface area contributed by atoms with Gasteiger partial charge in [0.1, 0.15) is 5.15 Å². The zero-order valence-corrected chi connectivity index (χ0v) is 14.2. The summed E-state index contributed by atoms with van der Waals surface area (Å²) in [6, 6.07) is 1.50. The summed E-state index contributed by atoms with van der Waals surface area (Å²) in [6.45, 7) is 4.15. The van der Waals surface area contributed by atoms with Gasteiger partial charge in [-0.25, -0.2) is 4.98 Å². The van der Waals surface area contributed by atoms with E-state index in [1.165, 1.54) is 6.92 Å². The van der Waals surface area contributed by atoms with Crippen LogP contribution in [0.5, 0.6) is 0 Å². The SMILES string of the molecule is CCC1=C(C)C(=O)N(N(C(C)=O)c2ccc(C(F)(F)F)c(Cl)n2)C1=O. The molecule has 0 aromatic carbocycles. The van der Waals surface area contributed by atoms with E-state index in [1.807, 2.05) is 0 Å². The van der Waals surface area contributed by atoms with Gasteiger partial charge in [0.05, 0.1) is 5.56 Å². The normalized spacial score (nSPS) is 15.2. The van der Waals surface area contributed by atoms with E-state index in [0.29, 0.717) is 16.1 Å². The maximum Gasteiger partial charge on any atom is 0.419 e. The van der Waals surface area contributed by atoms with Crippen LogP contribution in [0.2, 0.25) is 5.15 Å². The lowest BCUT2D eigenvalue weighted by molar-refractivity contribution is -0.142. The molecular weight excluding hydrogens is 363 g/mol. The lowest BCUT2D eigenvalue weighted by Crippen LogP contribution is -2.50. The van der Waals surface area contributed by atoms with Crippen LogP contribution in [0, 0.1) is 0 Å². The summed E-state index contributed by atoms with van der Waals surface area (Å²) < 4.78 is 38.3. The van der Waals surface area contributed by atoms with Gasteiger partial charge in [-0.3, -0.25) is 14.4 Å². The van der Waals surface area contributed by atoms with E-state index in [1.54, 1.807) is 6.92 Å². The van der Waals surface area contributed by atoms with Crippen molar-refractivity contribution in [2.24, 2.45) is 0 Å². The van der Waals surface area contributed by atoms with Crippen molar-refractivity contribution in [3.8, 4) is 0 Å². The first kappa shape index (κ1) is 18.9. The number of nitrogens with zero attached hydrogens (tertiary/aromatic N) is 3. The second-order valence-corrected chi connectivity index (χ2v) is 5.57. The van der Waals surface area contributed by atoms with Crippen LogP contribution in [-0.4, -0.2) is 27.7 Å². The predicted molar refractivity (Wildman–Crippen MR) is 82.3 cm³/mol. The summed E-state index contributed by atoms with van der Waals surface area (Å²) in [5, 5.41) is 0.279. The molecule has 2 rings (SSSR count). The third kappa shape index (κ3) is 3.23. The summed E-state index contributed by atoms with van der Waals surface area (Å²) in [4.78, 5) is 40.2. The van der Waals surface area contributed by atoms with Crippen LogP contribution in [0.15, 0.2) is 23.3 Å². The molecule has 134 valence electrons. The molecule has 10 heteroatoms. The Kier molecular flexibility index (Phi) is 4.90.